The molecule has 15 heavy (non-hydrogen) atoms. The highest BCUT2D eigenvalue weighted by Crippen LogP contribution is 2.15. The Kier molecular flexibility index (Phi) is 3.81. The fraction of sp³-hybridized carbons (Fsp3) is 0.364. The first kappa shape index (κ1) is 11.2. The SMILES string of the molecule is CCc1ccc(C#N)c(/N=C\N(C)C)n1. The lowest BCUT2D eigenvalue weighted by atomic mass is 10.2. The molecule has 0 aliphatic rings. The van der Waals surface area contributed by atoms with Crippen LogP contribution in [0.2, 0.25) is 0 Å². The highest BCUT2D eigenvalue weighted by molar-refractivity contribution is 5.62. The third-order valence-electron chi connectivity index (χ3n) is 1.83. The molecule has 0 aliphatic carbocycles. The standard InChI is InChI=1S/C11H14N4/c1-4-10-6-5-9(7-12)11(14-10)13-8-15(2)3/h5-6,8H,4H2,1-3H3/b13-8-. The molecule has 0 fully saturated rings. The topological polar surface area (TPSA) is 52.3 Å². The van der Waals surface area contributed by atoms with Gasteiger partial charge in [0, 0.05) is 19.8 Å². The van der Waals surface area contributed by atoms with E-state index in [0.29, 0.717) is 11.4 Å². The molecule has 0 spiro atoms. The second kappa shape index (κ2) is 5.11. The molecule has 0 saturated carbocycles. The highest BCUT2D eigenvalue weighted by Gasteiger charge is 2.02. The average Bonchev–Trinajstić information content (AvgIpc) is 2.25. The molecule has 1 aromatic rings. The summed E-state index contributed by atoms with van der Waals surface area (Å²) >= 11 is 0. The summed E-state index contributed by atoms with van der Waals surface area (Å²) in [6, 6.07) is 5.69. The number of rotatable bonds is 3. The number of aromatic nitrogens is 1. The van der Waals surface area contributed by atoms with Crippen molar-refractivity contribution < 1.29 is 0 Å². The normalized spacial score (nSPS) is 10.3. The zero-order valence-corrected chi connectivity index (χ0v) is 9.23. The summed E-state index contributed by atoms with van der Waals surface area (Å²) in [6.45, 7) is 2.02. The number of nitriles is 1. The van der Waals surface area contributed by atoms with Crippen LogP contribution >= 0.6 is 0 Å². The van der Waals surface area contributed by atoms with E-state index >= 15 is 0 Å². The smallest absolute Gasteiger partial charge is 0.171 e. The van der Waals surface area contributed by atoms with Crippen molar-refractivity contribution in [2.75, 3.05) is 14.1 Å². The number of hydrogen-bond donors (Lipinski definition) is 0. The molecule has 0 amide bonds. The molecular weight excluding hydrogens is 188 g/mol. The van der Waals surface area contributed by atoms with E-state index in [1.165, 1.54) is 0 Å². The number of aryl methyl sites for hydroxylation is 1. The Morgan fingerprint density at radius 2 is 2.27 bits per heavy atom. The fourth-order valence-corrected chi connectivity index (χ4v) is 1.04. The minimum Gasteiger partial charge on any atom is -0.369 e. The zero-order chi connectivity index (χ0) is 11.3. The van der Waals surface area contributed by atoms with E-state index in [1.54, 1.807) is 17.3 Å². The van der Waals surface area contributed by atoms with E-state index in [2.05, 4.69) is 16.0 Å². The molecule has 0 atom stereocenters. The quantitative estimate of drug-likeness (QED) is 0.554. The van der Waals surface area contributed by atoms with E-state index in [-0.39, 0.29) is 0 Å². The van der Waals surface area contributed by atoms with Crippen molar-refractivity contribution in [1.82, 2.24) is 9.88 Å². The molecule has 0 saturated heterocycles. The first-order valence-corrected chi connectivity index (χ1v) is 4.78. The maximum atomic E-state index is 8.87. The van der Waals surface area contributed by atoms with Gasteiger partial charge >= 0.3 is 0 Å². The fourth-order valence-electron chi connectivity index (χ4n) is 1.04. The zero-order valence-electron chi connectivity index (χ0n) is 9.23. The van der Waals surface area contributed by atoms with Crippen LogP contribution in [0, 0.1) is 11.3 Å². The molecule has 0 bridgehead atoms. The molecule has 0 radical (unpaired) electrons. The minimum absolute atomic E-state index is 0.491. The Morgan fingerprint density at radius 3 is 2.80 bits per heavy atom. The van der Waals surface area contributed by atoms with Gasteiger partial charge in [0.15, 0.2) is 5.82 Å². The highest BCUT2D eigenvalue weighted by atomic mass is 15.1. The van der Waals surface area contributed by atoms with E-state index < -0.39 is 0 Å². The number of pyridine rings is 1. The molecule has 0 aromatic carbocycles. The first-order chi connectivity index (χ1) is 7.17. The van der Waals surface area contributed by atoms with E-state index in [9.17, 15) is 0 Å². The van der Waals surface area contributed by atoms with Crippen LogP contribution in [0.5, 0.6) is 0 Å². The van der Waals surface area contributed by atoms with Crippen LogP contribution in [0.15, 0.2) is 17.1 Å². The molecule has 0 N–H and O–H groups in total. The predicted octanol–water partition coefficient (Wildman–Crippen LogP) is 1.74. The van der Waals surface area contributed by atoms with Crippen LogP contribution in [-0.4, -0.2) is 30.3 Å². The molecule has 1 rings (SSSR count). The van der Waals surface area contributed by atoms with Crippen LogP contribution in [0.25, 0.3) is 0 Å². The van der Waals surface area contributed by atoms with Crippen molar-refractivity contribution in [3.8, 4) is 6.07 Å². The number of hydrogen-bond acceptors (Lipinski definition) is 3. The van der Waals surface area contributed by atoms with E-state index in [1.807, 2.05) is 27.1 Å². The monoisotopic (exact) mass is 202 g/mol. The van der Waals surface area contributed by atoms with E-state index in [0.717, 1.165) is 12.1 Å². The summed E-state index contributed by atoms with van der Waals surface area (Å²) in [5.74, 6) is 0.491. The van der Waals surface area contributed by atoms with Crippen LogP contribution in [0.4, 0.5) is 5.82 Å². The Bertz CT molecular complexity index is 402. The summed E-state index contributed by atoms with van der Waals surface area (Å²) < 4.78 is 0. The van der Waals surface area contributed by atoms with Crippen LogP contribution in [0.1, 0.15) is 18.2 Å². The second-order valence-electron chi connectivity index (χ2n) is 3.35. The lowest BCUT2D eigenvalue weighted by Gasteiger charge is -2.04. The minimum atomic E-state index is 0.491. The van der Waals surface area contributed by atoms with Gasteiger partial charge in [-0.2, -0.15) is 5.26 Å². The Labute approximate surface area is 89.9 Å². The van der Waals surface area contributed by atoms with Gasteiger partial charge in [0.2, 0.25) is 0 Å². The van der Waals surface area contributed by atoms with Gasteiger partial charge in [-0.3, -0.25) is 0 Å². The predicted molar refractivity (Wildman–Crippen MR) is 60.2 cm³/mol. The molecule has 1 aromatic heterocycles. The Morgan fingerprint density at radius 1 is 1.53 bits per heavy atom. The van der Waals surface area contributed by atoms with Gasteiger partial charge in [-0.25, -0.2) is 9.98 Å². The van der Waals surface area contributed by atoms with Gasteiger partial charge < -0.3 is 4.90 Å². The van der Waals surface area contributed by atoms with Crippen LogP contribution < -0.4 is 0 Å². The van der Waals surface area contributed by atoms with Crippen LogP contribution in [-0.2, 0) is 6.42 Å². The third kappa shape index (κ3) is 3.06. The maximum Gasteiger partial charge on any atom is 0.171 e. The molecule has 4 nitrogen and oxygen atoms in total. The van der Waals surface area contributed by atoms with Gasteiger partial charge in [0.05, 0.1) is 11.9 Å². The van der Waals surface area contributed by atoms with Crippen molar-refractivity contribution in [2.24, 2.45) is 4.99 Å². The molecule has 78 valence electrons. The van der Waals surface area contributed by atoms with Gasteiger partial charge in [0.25, 0.3) is 0 Å². The molecule has 4 heteroatoms. The molecule has 0 unspecified atom stereocenters. The lowest BCUT2D eigenvalue weighted by Crippen LogP contribution is -2.07. The average molecular weight is 202 g/mol. The summed E-state index contributed by atoms with van der Waals surface area (Å²) in [5.41, 5.74) is 1.45. The summed E-state index contributed by atoms with van der Waals surface area (Å²) in [4.78, 5) is 10.2. The van der Waals surface area contributed by atoms with Crippen molar-refractivity contribution in [1.29, 1.82) is 5.26 Å². The summed E-state index contributed by atoms with van der Waals surface area (Å²) in [5, 5.41) is 8.87. The van der Waals surface area contributed by atoms with Crippen molar-refractivity contribution in [3.05, 3.63) is 23.4 Å². The third-order valence-corrected chi connectivity index (χ3v) is 1.83. The van der Waals surface area contributed by atoms with Gasteiger partial charge in [-0.1, -0.05) is 6.92 Å². The Hall–Kier alpha value is -1.89. The first-order valence-electron chi connectivity index (χ1n) is 4.78. The Balaban J connectivity index is 3.08. The van der Waals surface area contributed by atoms with Gasteiger partial charge in [0.1, 0.15) is 6.07 Å². The maximum absolute atomic E-state index is 8.87. The molecular formula is C11H14N4. The summed E-state index contributed by atoms with van der Waals surface area (Å²) in [7, 11) is 3.75. The molecule has 0 aliphatic heterocycles. The number of aliphatic imine (C=N–C) groups is 1. The molecule has 1 heterocycles. The van der Waals surface area contributed by atoms with Crippen LogP contribution in [0.3, 0.4) is 0 Å². The largest absolute Gasteiger partial charge is 0.369 e. The van der Waals surface area contributed by atoms with Crippen molar-refractivity contribution >= 4 is 12.2 Å². The second-order valence-corrected chi connectivity index (χ2v) is 3.35. The van der Waals surface area contributed by atoms with Gasteiger partial charge in [-0.15, -0.1) is 0 Å². The van der Waals surface area contributed by atoms with Gasteiger partial charge in [-0.05, 0) is 18.6 Å². The van der Waals surface area contributed by atoms with Crippen molar-refractivity contribution in [2.45, 2.75) is 13.3 Å². The van der Waals surface area contributed by atoms with Crippen molar-refractivity contribution in [3.63, 3.8) is 0 Å². The lowest BCUT2D eigenvalue weighted by molar-refractivity contribution is 0.643. The van der Waals surface area contributed by atoms with E-state index in [4.69, 9.17) is 5.26 Å². The number of nitrogens with zero attached hydrogens (tertiary/aromatic N) is 4. The summed E-state index contributed by atoms with van der Waals surface area (Å²) in [6.07, 6.45) is 2.48.